The van der Waals surface area contributed by atoms with Crippen molar-refractivity contribution in [2.75, 3.05) is 0 Å². The van der Waals surface area contributed by atoms with Crippen molar-refractivity contribution in [3.05, 3.63) is 22.5 Å². The molecular weight excluding hydrogens is 266 g/mol. The first-order valence-electron chi connectivity index (χ1n) is 7.24. The van der Waals surface area contributed by atoms with Crippen LogP contribution in [0.4, 0.5) is 0 Å². The van der Waals surface area contributed by atoms with Gasteiger partial charge in [0, 0.05) is 11.3 Å². The Morgan fingerprint density at radius 2 is 2.00 bits per heavy atom. The third-order valence-corrected chi connectivity index (χ3v) is 3.39. The first kappa shape index (κ1) is 17.0. The van der Waals surface area contributed by atoms with Crippen LogP contribution >= 0.6 is 0 Å². The van der Waals surface area contributed by atoms with Crippen LogP contribution in [0, 0.1) is 24.2 Å². The van der Waals surface area contributed by atoms with Crippen LogP contribution < -0.4 is 5.32 Å². The molecule has 0 aliphatic carbocycles. The number of hydrogen-bond acceptors (Lipinski definition) is 3. The van der Waals surface area contributed by atoms with Gasteiger partial charge in [0.05, 0.1) is 6.07 Å². The largest absolute Gasteiger partial charge is 0.354 e. The number of rotatable bonds is 6. The molecule has 0 aromatic carbocycles. The Balaban J connectivity index is 3.06. The van der Waals surface area contributed by atoms with E-state index in [2.05, 4.69) is 16.4 Å². The Labute approximate surface area is 125 Å². The van der Waals surface area contributed by atoms with Crippen molar-refractivity contribution >= 4 is 11.7 Å². The summed E-state index contributed by atoms with van der Waals surface area (Å²) in [7, 11) is 0. The second-order valence-electron chi connectivity index (χ2n) is 5.67. The van der Waals surface area contributed by atoms with E-state index in [4.69, 9.17) is 5.26 Å². The molecule has 0 unspecified atom stereocenters. The van der Waals surface area contributed by atoms with E-state index in [-0.39, 0.29) is 11.7 Å². The molecule has 1 atom stereocenters. The molecule has 0 spiro atoms. The molecule has 114 valence electrons. The molecule has 21 heavy (non-hydrogen) atoms. The van der Waals surface area contributed by atoms with Gasteiger partial charge in [0.25, 0.3) is 5.91 Å². The summed E-state index contributed by atoms with van der Waals surface area (Å²) in [5.74, 6) is -0.0629. The zero-order valence-electron chi connectivity index (χ0n) is 13.3. The standard InChI is InChI=1S/C16H23N3O2/c1-6-13-14(11(5)20)10(4)18-15(13)16(21)19-12(8-17)7-9(2)3/h9,12,18H,6-7H2,1-5H3,(H,19,21)/t12-/m0/s1. The van der Waals surface area contributed by atoms with Crippen LogP contribution in [-0.4, -0.2) is 22.7 Å². The van der Waals surface area contributed by atoms with E-state index in [9.17, 15) is 9.59 Å². The molecule has 1 amide bonds. The summed E-state index contributed by atoms with van der Waals surface area (Å²) in [6.45, 7) is 9.18. The molecule has 0 aliphatic rings. The summed E-state index contributed by atoms with van der Waals surface area (Å²) in [5, 5.41) is 11.8. The number of amides is 1. The highest BCUT2D eigenvalue weighted by molar-refractivity contribution is 6.02. The SMILES string of the molecule is CCc1c(C(=O)N[C@H](C#N)CC(C)C)[nH]c(C)c1C(C)=O. The minimum atomic E-state index is -0.522. The molecule has 2 N–H and O–H groups in total. The first-order valence-corrected chi connectivity index (χ1v) is 7.24. The molecule has 1 rings (SSSR count). The number of Topliss-reactive ketones (excluding diaryl/α,β-unsaturated/α-hetero) is 1. The third kappa shape index (κ3) is 3.94. The molecule has 0 radical (unpaired) electrons. The van der Waals surface area contributed by atoms with Crippen molar-refractivity contribution in [1.29, 1.82) is 5.26 Å². The highest BCUT2D eigenvalue weighted by Gasteiger charge is 2.23. The highest BCUT2D eigenvalue weighted by atomic mass is 16.2. The number of hydrogen-bond donors (Lipinski definition) is 2. The van der Waals surface area contributed by atoms with Gasteiger partial charge in [-0.3, -0.25) is 9.59 Å². The molecule has 0 saturated heterocycles. The lowest BCUT2D eigenvalue weighted by Crippen LogP contribution is -2.35. The van der Waals surface area contributed by atoms with Crippen molar-refractivity contribution in [2.24, 2.45) is 5.92 Å². The number of aromatic amines is 1. The van der Waals surface area contributed by atoms with E-state index in [0.29, 0.717) is 35.7 Å². The maximum absolute atomic E-state index is 12.4. The Hall–Kier alpha value is -2.09. The number of nitrogens with one attached hydrogen (secondary N) is 2. The molecule has 5 heteroatoms. The van der Waals surface area contributed by atoms with Crippen LogP contribution in [0.15, 0.2) is 0 Å². The number of carbonyl (C=O) groups excluding carboxylic acids is 2. The van der Waals surface area contributed by atoms with Crippen molar-refractivity contribution in [3.63, 3.8) is 0 Å². The fourth-order valence-corrected chi connectivity index (χ4v) is 2.55. The summed E-state index contributed by atoms with van der Waals surface area (Å²) in [5.41, 5.74) is 2.39. The Morgan fingerprint density at radius 3 is 2.43 bits per heavy atom. The second-order valence-corrected chi connectivity index (χ2v) is 5.67. The monoisotopic (exact) mass is 289 g/mol. The quantitative estimate of drug-likeness (QED) is 0.789. The van der Waals surface area contributed by atoms with Crippen LogP contribution in [-0.2, 0) is 6.42 Å². The summed E-state index contributed by atoms with van der Waals surface area (Å²) < 4.78 is 0. The van der Waals surface area contributed by atoms with Gasteiger partial charge in [0.2, 0.25) is 0 Å². The maximum atomic E-state index is 12.4. The lowest BCUT2D eigenvalue weighted by atomic mass is 10.0. The molecule has 0 aliphatic heterocycles. The van der Waals surface area contributed by atoms with Crippen LogP contribution in [0.2, 0.25) is 0 Å². The molecule has 0 fully saturated rings. The number of aromatic nitrogens is 1. The summed E-state index contributed by atoms with van der Waals surface area (Å²) >= 11 is 0. The summed E-state index contributed by atoms with van der Waals surface area (Å²) in [6.07, 6.45) is 1.19. The zero-order valence-corrected chi connectivity index (χ0v) is 13.3. The van der Waals surface area contributed by atoms with E-state index in [0.717, 1.165) is 5.56 Å². The number of nitrogens with zero attached hydrogens (tertiary/aromatic N) is 1. The number of carbonyl (C=O) groups is 2. The highest BCUT2D eigenvalue weighted by Crippen LogP contribution is 2.20. The molecule has 5 nitrogen and oxygen atoms in total. The van der Waals surface area contributed by atoms with E-state index in [1.807, 2.05) is 20.8 Å². The van der Waals surface area contributed by atoms with Gasteiger partial charge in [-0.1, -0.05) is 20.8 Å². The summed E-state index contributed by atoms with van der Waals surface area (Å²) in [6, 6.07) is 1.58. The minimum absolute atomic E-state index is 0.0568. The molecular formula is C16H23N3O2. The molecule has 0 saturated carbocycles. The molecule has 0 bridgehead atoms. The van der Waals surface area contributed by atoms with Crippen molar-refractivity contribution < 1.29 is 9.59 Å². The Kier molecular flexibility index (Phi) is 5.71. The zero-order chi connectivity index (χ0) is 16.2. The predicted octanol–water partition coefficient (Wildman–Crippen LogP) is 2.76. The van der Waals surface area contributed by atoms with E-state index < -0.39 is 6.04 Å². The Morgan fingerprint density at radius 1 is 1.38 bits per heavy atom. The van der Waals surface area contributed by atoms with Crippen molar-refractivity contribution in [1.82, 2.24) is 10.3 Å². The van der Waals surface area contributed by atoms with Crippen LogP contribution in [0.25, 0.3) is 0 Å². The molecule has 1 aromatic heterocycles. The molecule has 1 aromatic rings. The fraction of sp³-hybridized carbons (Fsp3) is 0.562. The normalized spacial score (nSPS) is 12.0. The lowest BCUT2D eigenvalue weighted by molar-refractivity contribution is 0.0936. The van der Waals surface area contributed by atoms with Crippen LogP contribution in [0.1, 0.15) is 66.2 Å². The number of nitriles is 1. The minimum Gasteiger partial charge on any atom is -0.354 e. The molecule has 1 heterocycles. The van der Waals surface area contributed by atoms with Gasteiger partial charge in [-0.05, 0) is 38.2 Å². The smallest absolute Gasteiger partial charge is 0.269 e. The van der Waals surface area contributed by atoms with E-state index in [1.54, 1.807) is 6.92 Å². The average Bonchev–Trinajstić information content (AvgIpc) is 2.74. The van der Waals surface area contributed by atoms with Gasteiger partial charge in [0.15, 0.2) is 5.78 Å². The van der Waals surface area contributed by atoms with Gasteiger partial charge >= 0.3 is 0 Å². The topological polar surface area (TPSA) is 85.8 Å². The van der Waals surface area contributed by atoms with Gasteiger partial charge in [-0.15, -0.1) is 0 Å². The van der Waals surface area contributed by atoms with E-state index >= 15 is 0 Å². The first-order chi connectivity index (χ1) is 9.81. The van der Waals surface area contributed by atoms with Crippen LogP contribution in [0.3, 0.4) is 0 Å². The van der Waals surface area contributed by atoms with Gasteiger partial charge in [-0.25, -0.2) is 0 Å². The predicted molar refractivity (Wildman–Crippen MR) is 81.2 cm³/mol. The third-order valence-electron chi connectivity index (χ3n) is 3.39. The van der Waals surface area contributed by atoms with E-state index in [1.165, 1.54) is 6.92 Å². The maximum Gasteiger partial charge on any atom is 0.269 e. The van der Waals surface area contributed by atoms with Crippen molar-refractivity contribution in [3.8, 4) is 6.07 Å². The lowest BCUT2D eigenvalue weighted by Gasteiger charge is -2.13. The van der Waals surface area contributed by atoms with Gasteiger partial charge < -0.3 is 10.3 Å². The Bertz CT molecular complexity index is 579. The number of aryl methyl sites for hydroxylation is 1. The fourth-order valence-electron chi connectivity index (χ4n) is 2.55. The summed E-state index contributed by atoms with van der Waals surface area (Å²) in [4.78, 5) is 27.0. The number of ketones is 1. The van der Waals surface area contributed by atoms with Crippen molar-refractivity contribution in [2.45, 2.75) is 53.5 Å². The van der Waals surface area contributed by atoms with Crippen LogP contribution in [0.5, 0.6) is 0 Å². The number of H-pyrrole nitrogens is 1. The average molecular weight is 289 g/mol. The van der Waals surface area contributed by atoms with Gasteiger partial charge in [-0.2, -0.15) is 5.26 Å². The van der Waals surface area contributed by atoms with Gasteiger partial charge in [0.1, 0.15) is 11.7 Å². The second kappa shape index (κ2) is 7.07.